The number of nitrogens with zero attached hydrogens (tertiary/aromatic N) is 2. The smallest absolute Gasteiger partial charge is 0.243 e. The predicted molar refractivity (Wildman–Crippen MR) is 59.2 cm³/mol. The topological polar surface area (TPSA) is 46.9 Å². The maximum atomic E-state index is 11.0. The van der Waals surface area contributed by atoms with Gasteiger partial charge in [0.25, 0.3) is 0 Å². The molecule has 0 saturated heterocycles. The van der Waals surface area contributed by atoms with E-state index >= 15 is 0 Å². The highest BCUT2D eigenvalue weighted by Crippen LogP contribution is 2.15. The number of aromatic nitrogens is 2. The summed E-state index contributed by atoms with van der Waals surface area (Å²) in [6.07, 6.45) is 4.94. The van der Waals surface area contributed by atoms with Crippen LogP contribution in [0.15, 0.2) is 31.1 Å². The van der Waals surface area contributed by atoms with Crippen molar-refractivity contribution < 1.29 is 4.79 Å². The first-order valence-electron chi connectivity index (χ1n) is 4.91. The second-order valence-electron chi connectivity index (χ2n) is 4.29. The van der Waals surface area contributed by atoms with Gasteiger partial charge in [-0.3, -0.25) is 9.48 Å². The summed E-state index contributed by atoms with van der Waals surface area (Å²) in [7, 11) is 0. The Labute approximate surface area is 90.0 Å². The molecule has 0 aliphatic heterocycles. The second-order valence-corrected chi connectivity index (χ2v) is 4.29. The molecule has 0 bridgehead atoms. The van der Waals surface area contributed by atoms with E-state index in [0.29, 0.717) is 6.54 Å². The highest BCUT2D eigenvalue weighted by molar-refractivity contribution is 5.86. The van der Waals surface area contributed by atoms with Crippen molar-refractivity contribution in [2.45, 2.75) is 20.4 Å². The van der Waals surface area contributed by atoms with E-state index in [-0.39, 0.29) is 11.3 Å². The van der Waals surface area contributed by atoms with E-state index in [4.69, 9.17) is 0 Å². The van der Waals surface area contributed by atoms with E-state index in [1.54, 1.807) is 6.20 Å². The van der Waals surface area contributed by atoms with Crippen molar-refractivity contribution in [1.82, 2.24) is 15.1 Å². The standard InChI is InChI=1S/C11H17N3O/c1-4-10(15)12-8-11(2,3)9-14-7-5-6-13-14/h4-7H,1,8-9H2,2-3H3,(H,12,15). The predicted octanol–water partition coefficient (Wildman–Crippen LogP) is 1.21. The molecular weight excluding hydrogens is 190 g/mol. The molecule has 15 heavy (non-hydrogen) atoms. The number of nitrogens with one attached hydrogen (secondary N) is 1. The SMILES string of the molecule is C=CC(=O)NCC(C)(C)Cn1cccn1. The molecule has 0 spiro atoms. The molecule has 0 aliphatic rings. The summed E-state index contributed by atoms with van der Waals surface area (Å²) in [5.41, 5.74) is -0.0231. The Hall–Kier alpha value is -1.58. The van der Waals surface area contributed by atoms with Crippen molar-refractivity contribution in [3.63, 3.8) is 0 Å². The molecule has 1 N–H and O–H groups in total. The van der Waals surface area contributed by atoms with Crippen LogP contribution in [-0.2, 0) is 11.3 Å². The van der Waals surface area contributed by atoms with Crippen LogP contribution < -0.4 is 5.32 Å². The van der Waals surface area contributed by atoms with Gasteiger partial charge in [0, 0.05) is 30.9 Å². The van der Waals surface area contributed by atoms with Crippen molar-refractivity contribution in [3.8, 4) is 0 Å². The molecule has 4 nitrogen and oxygen atoms in total. The lowest BCUT2D eigenvalue weighted by atomic mass is 9.93. The number of hydrogen-bond acceptors (Lipinski definition) is 2. The normalized spacial score (nSPS) is 11.1. The van der Waals surface area contributed by atoms with E-state index in [1.807, 2.05) is 16.9 Å². The van der Waals surface area contributed by atoms with E-state index in [2.05, 4.69) is 30.8 Å². The molecule has 82 valence electrons. The van der Waals surface area contributed by atoms with Gasteiger partial charge < -0.3 is 5.32 Å². The van der Waals surface area contributed by atoms with Gasteiger partial charge in [-0.2, -0.15) is 5.10 Å². The van der Waals surface area contributed by atoms with E-state index in [0.717, 1.165) is 6.54 Å². The maximum Gasteiger partial charge on any atom is 0.243 e. The molecule has 0 fully saturated rings. The van der Waals surface area contributed by atoms with Crippen LogP contribution in [0, 0.1) is 5.41 Å². The van der Waals surface area contributed by atoms with Gasteiger partial charge in [-0.05, 0) is 12.1 Å². The van der Waals surface area contributed by atoms with Crippen LogP contribution in [0.2, 0.25) is 0 Å². The largest absolute Gasteiger partial charge is 0.352 e. The second kappa shape index (κ2) is 4.77. The number of carbonyl (C=O) groups is 1. The fourth-order valence-corrected chi connectivity index (χ4v) is 1.29. The summed E-state index contributed by atoms with van der Waals surface area (Å²) in [6.45, 7) is 8.95. The maximum absolute atomic E-state index is 11.0. The third-order valence-electron chi connectivity index (χ3n) is 2.08. The minimum Gasteiger partial charge on any atom is -0.352 e. The fourth-order valence-electron chi connectivity index (χ4n) is 1.29. The van der Waals surface area contributed by atoms with Crippen LogP contribution in [0.25, 0.3) is 0 Å². The van der Waals surface area contributed by atoms with Crippen molar-refractivity contribution in [2.24, 2.45) is 5.41 Å². The molecule has 0 unspecified atom stereocenters. The molecule has 4 heteroatoms. The van der Waals surface area contributed by atoms with Gasteiger partial charge in [0.05, 0.1) is 0 Å². The molecule has 1 heterocycles. The summed E-state index contributed by atoms with van der Waals surface area (Å²) >= 11 is 0. The van der Waals surface area contributed by atoms with Crippen LogP contribution in [0.3, 0.4) is 0 Å². The molecule has 0 saturated carbocycles. The molecule has 1 amide bonds. The zero-order valence-electron chi connectivity index (χ0n) is 9.23. The van der Waals surface area contributed by atoms with Gasteiger partial charge in [-0.25, -0.2) is 0 Å². The van der Waals surface area contributed by atoms with Gasteiger partial charge in [0.2, 0.25) is 5.91 Å². The van der Waals surface area contributed by atoms with Gasteiger partial charge in [0.15, 0.2) is 0 Å². The molecule has 0 atom stereocenters. The third kappa shape index (κ3) is 3.97. The lowest BCUT2D eigenvalue weighted by Crippen LogP contribution is -2.35. The van der Waals surface area contributed by atoms with Crippen LogP contribution in [-0.4, -0.2) is 22.2 Å². The number of rotatable bonds is 5. The fraction of sp³-hybridized carbons (Fsp3) is 0.455. The van der Waals surface area contributed by atoms with Gasteiger partial charge >= 0.3 is 0 Å². The van der Waals surface area contributed by atoms with Gasteiger partial charge in [-0.1, -0.05) is 20.4 Å². The average Bonchev–Trinajstić information content (AvgIpc) is 2.66. The number of carbonyl (C=O) groups excluding carboxylic acids is 1. The van der Waals surface area contributed by atoms with Crippen LogP contribution in [0.1, 0.15) is 13.8 Å². The van der Waals surface area contributed by atoms with Gasteiger partial charge in [-0.15, -0.1) is 0 Å². The summed E-state index contributed by atoms with van der Waals surface area (Å²) in [4.78, 5) is 11.0. The highest BCUT2D eigenvalue weighted by Gasteiger charge is 2.19. The average molecular weight is 207 g/mol. The molecule has 1 aromatic heterocycles. The van der Waals surface area contributed by atoms with E-state index < -0.39 is 0 Å². The lowest BCUT2D eigenvalue weighted by molar-refractivity contribution is -0.116. The quantitative estimate of drug-likeness (QED) is 0.738. The number of amides is 1. The van der Waals surface area contributed by atoms with Crippen molar-refractivity contribution in [1.29, 1.82) is 0 Å². The minimum atomic E-state index is -0.136. The minimum absolute atomic E-state index is 0.0231. The Morgan fingerprint density at radius 3 is 2.93 bits per heavy atom. The lowest BCUT2D eigenvalue weighted by Gasteiger charge is -2.24. The van der Waals surface area contributed by atoms with Crippen LogP contribution in [0.4, 0.5) is 0 Å². The molecule has 0 radical (unpaired) electrons. The molecule has 0 aliphatic carbocycles. The molecular formula is C11H17N3O. The summed E-state index contributed by atoms with van der Waals surface area (Å²) in [6, 6.07) is 1.89. The van der Waals surface area contributed by atoms with Gasteiger partial charge in [0.1, 0.15) is 0 Å². The Morgan fingerprint density at radius 2 is 2.40 bits per heavy atom. The van der Waals surface area contributed by atoms with Crippen molar-refractivity contribution in [3.05, 3.63) is 31.1 Å². The highest BCUT2D eigenvalue weighted by atomic mass is 16.1. The first kappa shape index (κ1) is 11.5. The Kier molecular flexibility index (Phi) is 3.66. The Balaban J connectivity index is 2.45. The molecule has 0 aromatic carbocycles. The first-order valence-corrected chi connectivity index (χ1v) is 4.91. The molecule has 1 aromatic rings. The molecule has 1 rings (SSSR count). The van der Waals surface area contributed by atoms with Crippen molar-refractivity contribution in [2.75, 3.05) is 6.54 Å². The monoisotopic (exact) mass is 207 g/mol. The first-order chi connectivity index (χ1) is 7.03. The van der Waals surface area contributed by atoms with Crippen LogP contribution in [0.5, 0.6) is 0 Å². The summed E-state index contributed by atoms with van der Waals surface area (Å²) in [5, 5.41) is 6.92. The summed E-state index contributed by atoms with van der Waals surface area (Å²) < 4.78 is 1.86. The Bertz CT molecular complexity index is 328. The van der Waals surface area contributed by atoms with Crippen molar-refractivity contribution >= 4 is 5.91 Å². The Morgan fingerprint density at radius 1 is 1.67 bits per heavy atom. The summed E-state index contributed by atoms with van der Waals surface area (Å²) in [5.74, 6) is -0.136. The van der Waals surface area contributed by atoms with E-state index in [1.165, 1.54) is 6.08 Å². The van der Waals surface area contributed by atoms with E-state index in [9.17, 15) is 4.79 Å². The zero-order valence-corrected chi connectivity index (χ0v) is 9.23. The van der Waals surface area contributed by atoms with Crippen LogP contribution >= 0.6 is 0 Å². The third-order valence-corrected chi connectivity index (χ3v) is 2.08. The number of hydrogen-bond donors (Lipinski definition) is 1. The zero-order chi connectivity index (χ0) is 11.3.